The van der Waals surface area contributed by atoms with Gasteiger partial charge in [-0.2, -0.15) is 0 Å². The smallest absolute Gasteiger partial charge is 0.217 e. The molecule has 25 atom stereocenters. The third-order valence-corrected chi connectivity index (χ3v) is 11.5. The van der Waals surface area contributed by atoms with Crippen LogP contribution in [0, 0.1) is 0 Å². The number of nitrogens with one attached hydrogen (secondary N) is 2. The molecule has 0 aromatic carbocycles. The molecule has 2 amide bonds. The third-order valence-electron chi connectivity index (χ3n) is 11.5. The Balaban J connectivity index is 1.39. The quantitative estimate of drug-likeness (QED) is 0.0726. The molecule has 5 aliphatic rings. The Kier molecular flexibility index (Phi) is 18.2. The van der Waals surface area contributed by atoms with Crippen molar-refractivity contribution in [3.05, 3.63) is 0 Å². The molecular weight excluding hydrogens is 840 g/mol. The number of ether oxygens (including phenoxy) is 10. The second kappa shape index (κ2) is 22.1. The van der Waals surface area contributed by atoms with Crippen LogP contribution in [0.2, 0.25) is 0 Å². The van der Waals surface area contributed by atoms with Gasteiger partial charge in [-0.1, -0.05) is 6.92 Å². The van der Waals surface area contributed by atoms with E-state index in [4.69, 9.17) is 47.4 Å². The van der Waals surface area contributed by atoms with E-state index in [1.165, 1.54) is 20.8 Å². The predicted octanol–water partition coefficient (Wildman–Crippen LogP) is -7.12. The van der Waals surface area contributed by atoms with E-state index in [1.807, 2.05) is 0 Å². The predicted molar refractivity (Wildman–Crippen MR) is 200 cm³/mol. The summed E-state index contributed by atoms with van der Waals surface area (Å²) in [6.45, 7) is 6.91. The number of amides is 2. The number of hydrogen-bond donors (Lipinski definition) is 13. The fraction of sp³-hybridized carbons (Fsp3) is 0.946. The second-order valence-electron chi connectivity index (χ2n) is 16.2. The van der Waals surface area contributed by atoms with Crippen LogP contribution in [0.3, 0.4) is 0 Å². The molecule has 5 rings (SSSR count). The summed E-state index contributed by atoms with van der Waals surface area (Å²) in [6.07, 6.45) is -35.7. The maximum atomic E-state index is 12.1. The average molecular weight is 905 g/mol. The minimum atomic E-state index is -1.94. The Morgan fingerprint density at radius 1 is 0.468 bits per heavy atom. The summed E-state index contributed by atoms with van der Waals surface area (Å²) in [7, 11) is 0. The van der Waals surface area contributed by atoms with Crippen LogP contribution in [0.25, 0.3) is 0 Å². The van der Waals surface area contributed by atoms with Crippen molar-refractivity contribution in [2.45, 2.75) is 201 Å². The van der Waals surface area contributed by atoms with Gasteiger partial charge < -0.3 is 114 Å². The Morgan fingerprint density at radius 3 is 1.21 bits per heavy atom. The van der Waals surface area contributed by atoms with Gasteiger partial charge in [-0.15, -0.1) is 0 Å². The SMILES string of the molecule is CCCO[C@@H]1O[C@@H](C)[C@H](O)[C@@H](O[C@@H]2O[C@H](CO)[C@@H](O)[C@H](O)[C@H]2NC(C)=O)[C@H]1O[C@@H]1O[C@@H](C)[C@H](O)[C@@H](O[C@@H]2O[C@@H](C)[C@H](O)[C@@H](O[C@@H]3O[C@H](CO)[C@@H](O)[C@H](O)[C@H]3NC(C)=O)[C@H]2O)[C@H]1O. The van der Waals surface area contributed by atoms with Gasteiger partial charge in [0.15, 0.2) is 31.5 Å². The van der Waals surface area contributed by atoms with Gasteiger partial charge in [-0.3, -0.25) is 9.59 Å². The van der Waals surface area contributed by atoms with Crippen LogP contribution in [0.4, 0.5) is 0 Å². The highest BCUT2D eigenvalue weighted by molar-refractivity contribution is 5.73. The number of carbonyl (C=O) groups excluding carboxylic acids is 2. The first-order valence-corrected chi connectivity index (χ1v) is 20.6. The molecule has 0 saturated carbocycles. The number of aliphatic hydroxyl groups excluding tert-OH is 11. The van der Waals surface area contributed by atoms with Crippen LogP contribution in [-0.2, 0) is 57.0 Å². The summed E-state index contributed by atoms with van der Waals surface area (Å²) in [5.41, 5.74) is 0. The first kappa shape index (κ1) is 51.1. The first-order valence-electron chi connectivity index (χ1n) is 20.6. The lowest BCUT2D eigenvalue weighted by molar-refractivity contribution is -0.395. The fourth-order valence-corrected chi connectivity index (χ4v) is 7.99. The van der Waals surface area contributed by atoms with Crippen LogP contribution in [-0.4, -0.2) is 241 Å². The molecule has 5 heterocycles. The normalized spacial score (nSPS) is 49.0. The Labute approximate surface area is 356 Å². The van der Waals surface area contributed by atoms with Gasteiger partial charge >= 0.3 is 0 Å². The zero-order valence-corrected chi connectivity index (χ0v) is 35.1. The van der Waals surface area contributed by atoms with E-state index < -0.39 is 178 Å². The van der Waals surface area contributed by atoms with Crippen LogP contribution < -0.4 is 10.6 Å². The van der Waals surface area contributed by atoms with Crippen molar-refractivity contribution >= 4 is 11.8 Å². The van der Waals surface area contributed by atoms with Gasteiger partial charge in [0, 0.05) is 20.5 Å². The van der Waals surface area contributed by atoms with E-state index in [2.05, 4.69) is 10.6 Å². The summed E-state index contributed by atoms with van der Waals surface area (Å²) >= 11 is 0. The molecule has 0 unspecified atom stereocenters. The van der Waals surface area contributed by atoms with E-state index in [0.717, 1.165) is 13.8 Å². The average Bonchev–Trinajstić information content (AvgIpc) is 3.22. The highest BCUT2D eigenvalue weighted by Gasteiger charge is 2.56. The zero-order chi connectivity index (χ0) is 45.9. The number of aliphatic hydroxyl groups is 11. The number of rotatable bonds is 15. The first-order chi connectivity index (χ1) is 29.2. The topological polar surface area (TPSA) is 373 Å². The second-order valence-corrected chi connectivity index (χ2v) is 16.2. The lowest BCUT2D eigenvalue weighted by atomic mass is 9.95. The molecule has 5 fully saturated rings. The molecular formula is C37H64N2O23. The van der Waals surface area contributed by atoms with E-state index in [0.29, 0.717) is 6.42 Å². The molecule has 62 heavy (non-hydrogen) atoms. The number of carbonyl (C=O) groups is 2. The summed E-state index contributed by atoms with van der Waals surface area (Å²) < 4.78 is 59.2. The van der Waals surface area contributed by atoms with Gasteiger partial charge in [0.25, 0.3) is 0 Å². The van der Waals surface area contributed by atoms with Crippen molar-refractivity contribution in [3.63, 3.8) is 0 Å². The van der Waals surface area contributed by atoms with E-state index in [9.17, 15) is 65.8 Å². The molecule has 25 nitrogen and oxygen atoms in total. The third kappa shape index (κ3) is 11.2. The van der Waals surface area contributed by atoms with Gasteiger partial charge in [0.05, 0.1) is 31.5 Å². The van der Waals surface area contributed by atoms with Crippen molar-refractivity contribution in [1.82, 2.24) is 10.6 Å². The van der Waals surface area contributed by atoms with Gasteiger partial charge in [-0.05, 0) is 27.2 Å². The van der Waals surface area contributed by atoms with Crippen LogP contribution in [0.5, 0.6) is 0 Å². The molecule has 0 spiro atoms. The standard InChI is InChI=1S/C37H64N2O23/c1-7-8-53-37-32(31(22(46)13(4)56-37)61-34-19(39-15(6)43)26(50)24(48)17(10-41)58-34)62-36-28(52)30(21(45)12(3)55-36)60-35-27(51)29(20(44)11(2)54-35)59-33-18(38-14(5)42)25(49)23(47)16(9-40)57-33/h11-13,16-37,40-41,44-52H,7-10H2,1-6H3,(H,38,42)(H,39,43)/t11-,12-,13-,16+,17+,18+,19+,20-,21-,22-,23+,24+,25+,26+,27+,28+,29+,30+,31+,32+,33-,34-,35-,36-,37+/m0/s1. The molecule has 0 radical (unpaired) electrons. The van der Waals surface area contributed by atoms with E-state index in [-0.39, 0.29) is 6.61 Å². The van der Waals surface area contributed by atoms with Crippen LogP contribution >= 0.6 is 0 Å². The van der Waals surface area contributed by atoms with Crippen molar-refractivity contribution in [2.24, 2.45) is 0 Å². The minimum absolute atomic E-state index is 0.1000. The molecule has 360 valence electrons. The molecule has 0 bridgehead atoms. The molecule has 5 aliphatic heterocycles. The van der Waals surface area contributed by atoms with Gasteiger partial charge in [0.1, 0.15) is 104 Å². The summed E-state index contributed by atoms with van der Waals surface area (Å²) in [4.78, 5) is 24.1. The molecule has 5 saturated heterocycles. The lowest BCUT2D eigenvalue weighted by Gasteiger charge is -2.50. The van der Waals surface area contributed by atoms with Crippen LogP contribution in [0.15, 0.2) is 0 Å². The molecule has 0 aliphatic carbocycles. The maximum absolute atomic E-state index is 12.1. The Morgan fingerprint density at radius 2 is 0.823 bits per heavy atom. The summed E-state index contributed by atoms with van der Waals surface area (Å²) in [5.74, 6) is -1.30. The van der Waals surface area contributed by atoms with E-state index >= 15 is 0 Å². The molecule has 25 heteroatoms. The molecule has 0 aromatic rings. The lowest BCUT2D eigenvalue weighted by Crippen LogP contribution is -2.69. The minimum Gasteiger partial charge on any atom is -0.394 e. The highest BCUT2D eigenvalue weighted by atomic mass is 16.8. The van der Waals surface area contributed by atoms with Crippen molar-refractivity contribution in [1.29, 1.82) is 0 Å². The van der Waals surface area contributed by atoms with Crippen molar-refractivity contribution in [3.8, 4) is 0 Å². The van der Waals surface area contributed by atoms with Crippen molar-refractivity contribution in [2.75, 3.05) is 19.8 Å². The van der Waals surface area contributed by atoms with Crippen molar-refractivity contribution < 1.29 is 113 Å². The highest BCUT2D eigenvalue weighted by Crippen LogP contribution is 2.36. The Hall–Kier alpha value is -1.90. The summed E-state index contributed by atoms with van der Waals surface area (Å²) in [6, 6.07) is -2.88. The van der Waals surface area contributed by atoms with Gasteiger partial charge in [0.2, 0.25) is 11.8 Å². The Bertz CT molecular complexity index is 1440. The summed E-state index contributed by atoms with van der Waals surface area (Å²) in [5, 5.41) is 124. The fourth-order valence-electron chi connectivity index (χ4n) is 7.99. The zero-order valence-electron chi connectivity index (χ0n) is 35.1. The molecule has 13 N–H and O–H groups in total. The van der Waals surface area contributed by atoms with E-state index in [1.54, 1.807) is 6.92 Å². The maximum Gasteiger partial charge on any atom is 0.217 e. The monoisotopic (exact) mass is 904 g/mol. The largest absolute Gasteiger partial charge is 0.394 e. The van der Waals surface area contributed by atoms with Gasteiger partial charge in [-0.25, -0.2) is 0 Å². The number of hydrogen-bond acceptors (Lipinski definition) is 23. The molecule has 0 aromatic heterocycles. The van der Waals surface area contributed by atoms with Crippen LogP contribution in [0.1, 0.15) is 48.0 Å².